The summed E-state index contributed by atoms with van der Waals surface area (Å²) in [4.78, 5) is 18.7. The van der Waals surface area contributed by atoms with Crippen LogP contribution in [0.1, 0.15) is 0 Å². The van der Waals surface area contributed by atoms with Crippen molar-refractivity contribution in [2.45, 2.75) is 6.54 Å². The second-order valence-electron chi connectivity index (χ2n) is 4.74. The average Bonchev–Trinajstić information content (AvgIpc) is 2.88. The Morgan fingerprint density at radius 1 is 1.26 bits per heavy atom. The Balaban J connectivity index is 2.33. The molecule has 19 heavy (non-hydrogen) atoms. The van der Waals surface area contributed by atoms with E-state index in [1.807, 2.05) is 24.7 Å². The van der Waals surface area contributed by atoms with Gasteiger partial charge >= 0.3 is 0 Å². The summed E-state index contributed by atoms with van der Waals surface area (Å²) in [5.74, 6) is 0. The largest absolute Gasteiger partial charge is 0.309 e. The van der Waals surface area contributed by atoms with E-state index in [0.717, 1.165) is 18.7 Å². The number of hydrogen-bond donors (Lipinski definition) is 0. The molecule has 0 saturated carbocycles. The molecule has 0 bridgehead atoms. The Bertz CT molecular complexity index is 786. The zero-order chi connectivity index (χ0) is 13.4. The topological polar surface area (TPSA) is 55.4 Å². The number of nitrogens with zero attached hydrogens (tertiary/aromatic N) is 5. The number of fused-ring (bicyclic) bond motifs is 2. The molecule has 0 aliphatic carbocycles. The minimum atomic E-state index is -0.121. The van der Waals surface area contributed by atoms with Crippen molar-refractivity contribution < 1.29 is 0 Å². The molecule has 3 heterocycles. The molecule has 0 aliphatic heterocycles. The van der Waals surface area contributed by atoms with Gasteiger partial charge in [-0.2, -0.15) is 9.61 Å². The summed E-state index contributed by atoms with van der Waals surface area (Å²) in [5, 5.41) is 4.69. The van der Waals surface area contributed by atoms with Crippen molar-refractivity contribution in [1.82, 2.24) is 24.1 Å². The monoisotopic (exact) mass is 257 g/mol. The van der Waals surface area contributed by atoms with E-state index in [9.17, 15) is 4.79 Å². The SMILES string of the molecule is CN(C)CCn1c2ncccc2c(=O)n2nccc12. The van der Waals surface area contributed by atoms with E-state index in [-0.39, 0.29) is 5.56 Å². The quantitative estimate of drug-likeness (QED) is 0.689. The number of hydrogen-bond acceptors (Lipinski definition) is 4. The van der Waals surface area contributed by atoms with Gasteiger partial charge in [0.2, 0.25) is 0 Å². The maximum absolute atomic E-state index is 12.3. The summed E-state index contributed by atoms with van der Waals surface area (Å²) < 4.78 is 3.46. The highest BCUT2D eigenvalue weighted by molar-refractivity contribution is 5.76. The van der Waals surface area contributed by atoms with Gasteiger partial charge in [-0.15, -0.1) is 0 Å². The number of pyridine rings is 1. The van der Waals surface area contributed by atoms with Crippen molar-refractivity contribution in [2.75, 3.05) is 20.6 Å². The molecule has 0 aliphatic rings. The van der Waals surface area contributed by atoms with Gasteiger partial charge in [0.15, 0.2) is 0 Å². The molecule has 0 atom stereocenters. The number of aromatic nitrogens is 4. The van der Waals surface area contributed by atoms with Gasteiger partial charge in [0.25, 0.3) is 5.56 Å². The van der Waals surface area contributed by atoms with Crippen LogP contribution in [0.4, 0.5) is 0 Å². The van der Waals surface area contributed by atoms with Crippen LogP contribution in [0.15, 0.2) is 35.4 Å². The summed E-state index contributed by atoms with van der Waals surface area (Å²) in [5.41, 5.74) is 1.37. The lowest BCUT2D eigenvalue weighted by Crippen LogP contribution is -2.24. The molecule has 98 valence electrons. The zero-order valence-corrected chi connectivity index (χ0v) is 10.9. The van der Waals surface area contributed by atoms with Gasteiger partial charge in [0.05, 0.1) is 11.6 Å². The highest BCUT2D eigenvalue weighted by atomic mass is 16.1. The van der Waals surface area contributed by atoms with E-state index >= 15 is 0 Å². The van der Waals surface area contributed by atoms with Crippen LogP contribution in [0, 0.1) is 0 Å². The van der Waals surface area contributed by atoms with Gasteiger partial charge in [-0.3, -0.25) is 4.79 Å². The first-order valence-corrected chi connectivity index (χ1v) is 6.14. The minimum Gasteiger partial charge on any atom is -0.309 e. The lowest BCUT2D eigenvalue weighted by atomic mass is 10.3. The normalized spacial score (nSPS) is 11.7. The summed E-state index contributed by atoms with van der Waals surface area (Å²) in [6.07, 6.45) is 3.35. The predicted octanol–water partition coefficient (Wildman–Crippen LogP) is 0.606. The van der Waals surface area contributed by atoms with Crippen LogP contribution in [0.5, 0.6) is 0 Å². The van der Waals surface area contributed by atoms with Crippen molar-refractivity contribution in [3.05, 3.63) is 40.9 Å². The second-order valence-corrected chi connectivity index (χ2v) is 4.74. The molecule has 0 unspecified atom stereocenters. The molecule has 0 N–H and O–H groups in total. The van der Waals surface area contributed by atoms with Crippen molar-refractivity contribution in [1.29, 1.82) is 0 Å². The van der Waals surface area contributed by atoms with Gasteiger partial charge in [-0.05, 0) is 26.2 Å². The smallest absolute Gasteiger partial charge is 0.283 e. The first-order valence-electron chi connectivity index (χ1n) is 6.14. The third kappa shape index (κ3) is 1.90. The lowest BCUT2D eigenvalue weighted by Gasteiger charge is -2.15. The van der Waals surface area contributed by atoms with Crippen LogP contribution in [0.25, 0.3) is 16.7 Å². The van der Waals surface area contributed by atoms with Crippen molar-refractivity contribution in [3.8, 4) is 0 Å². The fourth-order valence-electron chi connectivity index (χ4n) is 2.18. The Hall–Kier alpha value is -2.21. The highest BCUT2D eigenvalue weighted by Gasteiger charge is 2.11. The van der Waals surface area contributed by atoms with Gasteiger partial charge < -0.3 is 9.47 Å². The number of rotatable bonds is 3. The van der Waals surface area contributed by atoms with E-state index in [4.69, 9.17) is 0 Å². The second kappa shape index (κ2) is 4.47. The minimum absolute atomic E-state index is 0.121. The molecule has 0 spiro atoms. The third-order valence-electron chi connectivity index (χ3n) is 3.14. The average molecular weight is 257 g/mol. The first-order chi connectivity index (χ1) is 9.18. The van der Waals surface area contributed by atoms with E-state index in [1.165, 1.54) is 4.52 Å². The van der Waals surface area contributed by atoms with E-state index in [0.29, 0.717) is 11.0 Å². The summed E-state index contributed by atoms with van der Waals surface area (Å²) in [7, 11) is 4.04. The maximum atomic E-state index is 12.3. The summed E-state index contributed by atoms with van der Waals surface area (Å²) in [6, 6.07) is 5.40. The van der Waals surface area contributed by atoms with Gasteiger partial charge in [-0.1, -0.05) is 0 Å². The van der Waals surface area contributed by atoms with Crippen LogP contribution in [-0.4, -0.2) is 44.7 Å². The van der Waals surface area contributed by atoms with E-state index < -0.39 is 0 Å². The van der Waals surface area contributed by atoms with Crippen molar-refractivity contribution in [2.24, 2.45) is 0 Å². The molecule has 0 radical (unpaired) electrons. The van der Waals surface area contributed by atoms with Crippen LogP contribution in [0.2, 0.25) is 0 Å². The molecule has 3 rings (SSSR count). The first kappa shape index (κ1) is 11.9. The Labute approximate surface area is 109 Å². The summed E-state index contributed by atoms with van der Waals surface area (Å²) >= 11 is 0. The Morgan fingerprint density at radius 2 is 2.11 bits per heavy atom. The molecule has 6 nitrogen and oxygen atoms in total. The molecular formula is C13H15N5O. The third-order valence-corrected chi connectivity index (χ3v) is 3.14. The van der Waals surface area contributed by atoms with E-state index in [2.05, 4.69) is 15.0 Å². The maximum Gasteiger partial charge on any atom is 0.283 e. The molecule has 0 fully saturated rings. The van der Waals surface area contributed by atoms with Crippen molar-refractivity contribution >= 4 is 16.7 Å². The van der Waals surface area contributed by atoms with Crippen LogP contribution < -0.4 is 5.56 Å². The highest BCUT2D eigenvalue weighted by Crippen LogP contribution is 2.11. The molecule has 6 heteroatoms. The Kier molecular flexibility index (Phi) is 2.79. The Morgan fingerprint density at radius 3 is 2.89 bits per heavy atom. The van der Waals surface area contributed by atoms with Crippen molar-refractivity contribution in [3.63, 3.8) is 0 Å². The fourth-order valence-corrected chi connectivity index (χ4v) is 2.18. The zero-order valence-electron chi connectivity index (χ0n) is 10.9. The van der Waals surface area contributed by atoms with Gasteiger partial charge in [0, 0.05) is 25.4 Å². The fraction of sp³-hybridized carbons (Fsp3) is 0.308. The predicted molar refractivity (Wildman–Crippen MR) is 73.3 cm³/mol. The summed E-state index contributed by atoms with van der Waals surface area (Å²) in [6.45, 7) is 1.63. The molecule has 0 amide bonds. The standard InChI is InChI=1S/C13H15N5O/c1-16(2)8-9-17-11-5-7-15-18(11)13(19)10-4-3-6-14-12(10)17/h3-7H,8-9H2,1-2H3. The molecule has 3 aromatic heterocycles. The van der Waals surface area contributed by atoms with Crippen LogP contribution in [0.3, 0.4) is 0 Å². The molecule has 0 aromatic carbocycles. The van der Waals surface area contributed by atoms with Gasteiger partial charge in [-0.25, -0.2) is 4.98 Å². The van der Waals surface area contributed by atoms with E-state index in [1.54, 1.807) is 24.5 Å². The lowest BCUT2D eigenvalue weighted by molar-refractivity contribution is 0.387. The molecule has 0 saturated heterocycles. The molecule has 3 aromatic rings. The van der Waals surface area contributed by atoms with Gasteiger partial charge in [0.1, 0.15) is 11.3 Å². The van der Waals surface area contributed by atoms with Crippen LogP contribution in [-0.2, 0) is 6.54 Å². The molecular weight excluding hydrogens is 242 g/mol. The number of likely N-dealkylation sites (N-methyl/N-ethyl adjacent to an activating group) is 1. The van der Waals surface area contributed by atoms with Crippen LogP contribution >= 0.6 is 0 Å².